The molecule has 10 heteroatoms. The number of hydrogen-bond acceptors (Lipinski definition) is 6. The van der Waals surface area contributed by atoms with Crippen LogP contribution in [-0.2, 0) is 14.8 Å². The van der Waals surface area contributed by atoms with Crippen molar-refractivity contribution in [3.63, 3.8) is 0 Å². The van der Waals surface area contributed by atoms with Crippen LogP contribution in [0.25, 0.3) is 0 Å². The van der Waals surface area contributed by atoms with E-state index in [1.807, 2.05) is 81.4 Å². The lowest BCUT2D eigenvalue weighted by Crippen LogP contribution is -2.70. The molecule has 0 radical (unpaired) electrons. The van der Waals surface area contributed by atoms with Crippen molar-refractivity contribution in [2.24, 2.45) is 5.73 Å². The summed E-state index contributed by atoms with van der Waals surface area (Å²) in [5, 5.41) is 11.8. The first-order valence-corrected chi connectivity index (χ1v) is 13.9. The quantitative estimate of drug-likeness (QED) is 0.377. The molecule has 0 spiro atoms. The number of nitrogens with two attached hydrogens (primary N) is 1. The number of nitrogens with one attached hydrogen (secondary N) is 1. The fourth-order valence-corrected chi connectivity index (χ4v) is 8.84. The van der Waals surface area contributed by atoms with Crippen LogP contribution >= 0.6 is 15.9 Å². The van der Waals surface area contributed by atoms with E-state index >= 15 is 0 Å². The highest BCUT2D eigenvalue weighted by atomic mass is 79.9. The number of nitrogens with zero attached hydrogens (tertiary/aromatic N) is 1. The molecule has 1 fully saturated rings. The SMILES string of the molecule is CC(C)(C)OC[C@H]1O[C@](n2cc(Br)c(=O)[nH]c2=O)([SiH](c2ccccc2)c2ccccc2)[C@H](N)[C@@H]1O. The summed E-state index contributed by atoms with van der Waals surface area (Å²) in [4.78, 5) is 27.8. The van der Waals surface area contributed by atoms with Gasteiger partial charge in [0.25, 0.3) is 5.56 Å². The number of aromatic amines is 1. The number of rotatable bonds is 6. The van der Waals surface area contributed by atoms with Crippen LogP contribution in [-0.4, -0.2) is 53.9 Å². The van der Waals surface area contributed by atoms with E-state index in [1.54, 1.807) is 0 Å². The van der Waals surface area contributed by atoms with Gasteiger partial charge in [-0.1, -0.05) is 71.0 Å². The van der Waals surface area contributed by atoms with Gasteiger partial charge in [-0.15, -0.1) is 0 Å². The van der Waals surface area contributed by atoms with Crippen LogP contribution in [0, 0.1) is 0 Å². The third-order valence-corrected chi connectivity index (χ3v) is 10.5. The molecule has 4 rings (SSSR count). The average molecular weight is 561 g/mol. The van der Waals surface area contributed by atoms with Gasteiger partial charge in [-0.3, -0.25) is 14.3 Å². The second-order valence-electron chi connectivity index (χ2n) is 9.71. The molecular formula is C25H30BrN3O5Si. The number of aromatic nitrogens is 2. The number of ether oxygens (including phenoxy) is 2. The van der Waals surface area contributed by atoms with Gasteiger partial charge in [-0.25, -0.2) is 4.79 Å². The van der Waals surface area contributed by atoms with Crippen molar-refractivity contribution in [3.8, 4) is 0 Å². The molecule has 186 valence electrons. The third-order valence-electron chi connectivity index (χ3n) is 6.20. The number of H-pyrrole nitrogens is 1. The Balaban J connectivity index is 1.99. The Morgan fingerprint density at radius 3 is 2.17 bits per heavy atom. The maximum absolute atomic E-state index is 13.3. The van der Waals surface area contributed by atoms with Crippen LogP contribution in [0.1, 0.15) is 20.8 Å². The van der Waals surface area contributed by atoms with Crippen molar-refractivity contribution in [2.75, 3.05) is 6.61 Å². The smallest absolute Gasteiger partial charge is 0.330 e. The molecule has 2 heterocycles. The van der Waals surface area contributed by atoms with E-state index < -0.39 is 49.2 Å². The number of benzene rings is 2. The molecule has 0 amide bonds. The molecule has 4 atom stereocenters. The van der Waals surface area contributed by atoms with Gasteiger partial charge in [0.2, 0.25) is 0 Å². The lowest BCUT2D eigenvalue weighted by atomic mass is 10.1. The normalized spacial score (nSPS) is 24.7. The van der Waals surface area contributed by atoms with Crippen molar-refractivity contribution < 1.29 is 14.6 Å². The first kappa shape index (κ1) is 25.7. The highest BCUT2D eigenvalue weighted by Crippen LogP contribution is 2.37. The van der Waals surface area contributed by atoms with Crippen molar-refractivity contribution in [1.82, 2.24) is 9.55 Å². The van der Waals surface area contributed by atoms with E-state index in [1.165, 1.54) is 10.8 Å². The van der Waals surface area contributed by atoms with Gasteiger partial charge in [0.1, 0.15) is 12.2 Å². The largest absolute Gasteiger partial charge is 0.389 e. The third kappa shape index (κ3) is 5.00. The fraction of sp³-hybridized carbons (Fsp3) is 0.360. The van der Waals surface area contributed by atoms with E-state index in [-0.39, 0.29) is 11.1 Å². The molecule has 3 aromatic rings. The second-order valence-corrected chi connectivity index (χ2v) is 13.6. The molecule has 0 unspecified atom stereocenters. The van der Waals surface area contributed by atoms with E-state index in [4.69, 9.17) is 15.2 Å². The van der Waals surface area contributed by atoms with Crippen LogP contribution in [0.15, 0.2) is 80.9 Å². The minimum atomic E-state index is -2.57. The average Bonchev–Trinajstić information content (AvgIpc) is 3.07. The molecule has 1 aliphatic rings. The fourth-order valence-electron chi connectivity index (χ4n) is 4.62. The van der Waals surface area contributed by atoms with Crippen LogP contribution in [0.3, 0.4) is 0 Å². The van der Waals surface area contributed by atoms with Gasteiger partial charge in [-0.2, -0.15) is 0 Å². The van der Waals surface area contributed by atoms with Crippen molar-refractivity contribution in [2.45, 2.75) is 50.0 Å². The van der Waals surface area contributed by atoms with Gasteiger partial charge in [0.05, 0.1) is 22.7 Å². The minimum absolute atomic E-state index is 0.0874. The summed E-state index contributed by atoms with van der Waals surface area (Å²) < 4.78 is 14.1. The van der Waals surface area contributed by atoms with Gasteiger partial charge in [-0.05, 0) is 36.7 Å². The molecule has 4 N–H and O–H groups in total. The summed E-state index contributed by atoms with van der Waals surface area (Å²) in [7, 11) is -2.57. The summed E-state index contributed by atoms with van der Waals surface area (Å²) in [6, 6.07) is 18.5. The summed E-state index contributed by atoms with van der Waals surface area (Å²) in [6.45, 7) is 5.83. The molecule has 1 saturated heterocycles. The first-order chi connectivity index (χ1) is 16.5. The Morgan fingerprint density at radius 2 is 1.66 bits per heavy atom. The maximum atomic E-state index is 13.3. The number of aliphatic hydroxyl groups is 1. The monoisotopic (exact) mass is 559 g/mol. The number of halogens is 1. The highest BCUT2D eigenvalue weighted by molar-refractivity contribution is 9.10. The summed E-state index contributed by atoms with van der Waals surface area (Å²) in [5.74, 6) is 0. The van der Waals surface area contributed by atoms with Gasteiger partial charge in [0, 0.05) is 6.20 Å². The van der Waals surface area contributed by atoms with Crippen LogP contribution < -0.4 is 27.4 Å². The standard InChI is InChI=1S/C25H30BrN3O5Si/c1-24(2,3)33-15-19-20(30)21(27)25(34-19,29-14-18(26)22(31)28-23(29)32)35(16-10-6-4-7-11-16)17-12-8-5-9-13-17/h4-14,19-21,30,35H,15,27H2,1-3H3,(H,28,31,32)/t19-,20-,21-,25+/m1/s1. The molecule has 8 nitrogen and oxygen atoms in total. The predicted molar refractivity (Wildman–Crippen MR) is 141 cm³/mol. The lowest BCUT2D eigenvalue weighted by molar-refractivity contribution is -0.114. The molecule has 35 heavy (non-hydrogen) atoms. The zero-order chi connectivity index (χ0) is 25.4. The van der Waals surface area contributed by atoms with Crippen LogP contribution in [0.2, 0.25) is 0 Å². The Morgan fingerprint density at radius 1 is 1.11 bits per heavy atom. The minimum Gasteiger partial charge on any atom is -0.389 e. The zero-order valence-electron chi connectivity index (χ0n) is 19.9. The topological polar surface area (TPSA) is 120 Å². The summed E-state index contributed by atoms with van der Waals surface area (Å²) >= 11 is 3.25. The first-order valence-electron chi connectivity index (χ1n) is 11.4. The van der Waals surface area contributed by atoms with Gasteiger partial charge in [0.15, 0.2) is 14.1 Å². The van der Waals surface area contributed by atoms with Crippen LogP contribution in [0.5, 0.6) is 0 Å². The Bertz CT molecular complexity index is 1240. The summed E-state index contributed by atoms with van der Waals surface area (Å²) in [6.07, 6.45) is -0.492. The van der Waals surface area contributed by atoms with Crippen molar-refractivity contribution in [1.29, 1.82) is 0 Å². The van der Waals surface area contributed by atoms with Gasteiger partial charge >= 0.3 is 5.69 Å². The van der Waals surface area contributed by atoms with Crippen molar-refractivity contribution in [3.05, 3.63) is 92.2 Å². The molecule has 1 aromatic heterocycles. The van der Waals surface area contributed by atoms with Crippen molar-refractivity contribution >= 4 is 35.1 Å². The molecule has 2 aromatic carbocycles. The Hall–Kier alpha value is -2.34. The lowest BCUT2D eigenvalue weighted by Gasteiger charge is -2.41. The van der Waals surface area contributed by atoms with E-state index in [9.17, 15) is 14.7 Å². The van der Waals surface area contributed by atoms with E-state index in [0.29, 0.717) is 0 Å². The molecule has 1 aliphatic heterocycles. The highest BCUT2D eigenvalue weighted by Gasteiger charge is 2.60. The molecule has 0 saturated carbocycles. The van der Waals surface area contributed by atoms with Crippen LogP contribution in [0.4, 0.5) is 0 Å². The molecule has 0 bridgehead atoms. The Labute approximate surface area is 213 Å². The molecule has 0 aliphatic carbocycles. The van der Waals surface area contributed by atoms with E-state index in [2.05, 4.69) is 20.9 Å². The Kier molecular flexibility index (Phi) is 7.32. The number of aliphatic hydroxyl groups excluding tert-OH is 1. The maximum Gasteiger partial charge on any atom is 0.330 e. The van der Waals surface area contributed by atoms with E-state index in [0.717, 1.165) is 10.4 Å². The number of hydrogen-bond donors (Lipinski definition) is 3. The second kappa shape index (κ2) is 9.96. The predicted octanol–water partition coefficient (Wildman–Crippen LogP) is 0.435. The zero-order valence-corrected chi connectivity index (χ0v) is 22.6. The summed E-state index contributed by atoms with van der Waals surface area (Å²) in [5.41, 5.74) is 5.10. The molecular weight excluding hydrogens is 530 g/mol. The van der Waals surface area contributed by atoms with Gasteiger partial charge < -0.3 is 20.3 Å².